The zero-order valence-electron chi connectivity index (χ0n) is 14.9. The molecule has 1 N–H and O–H groups in total. The van der Waals surface area contributed by atoms with Crippen molar-refractivity contribution < 1.29 is 4.79 Å². The van der Waals surface area contributed by atoms with E-state index in [4.69, 9.17) is 23.2 Å². The quantitative estimate of drug-likeness (QED) is 0.498. The van der Waals surface area contributed by atoms with E-state index < -0.39 is 0 Å². The van der Waals surface area contributed by atoms with Crippen LogP contribution >= 0.6 is 46.5 Å². The van der Waals surface area contributed by atoms with Crippen LogP contribution in [-0.2, 0) is 0 Å². The third-order valence-electron chi connectivity index (χ3n) is 4.12. The number of nitrogens with one attached hydrogen (secondary N) is 1. The number of pyridine rings is 1. The monoisotopic (exact) mass is 450 g/mol. The number of rotatable bonds is 4. The largest absolute Gasteiger partial charge is 0.322 e. The van der Waals surface area contributed by atoms with Crippen molar-refractivity contribution in [3.8, 4) is 10.6 Å². The molecule has 3 aromatic rings. The molecule has 0 bridgehead atoms. The van der Waals surface area contributed by atoms with E-state index >= 15 is 0 Å². The Morgan fingerprint density at radius 3 is 2.75 bits per heavy atom. The van der Waals surface area contributed by atoms with Gasteiger partial charge in [0.1, 0.15) is 10.8 Å². The molecule has 144 valence electrons. The van der Waals surface area contributed by atoms with E-state index in [2.05, 4.69) is 19.6 Å². The fourth-order valence-electron chi connectivity index (χ4n) is 2.84. The Balaban J connectivity index is 1.60. The van der Waals surface area contributed by atoms with Crippen LogP contribution in [0.2, 0.25) is 10.0 Å². The summed E-state index contributed by atoms with van der Waals surface area (Å²) in [5.41, 5.74) is 1.83. The molecular weight excluding hydrogens is 435 g/mol. The van der Waals surface area contributed by atoms with Gasteiger partial charge in [0.2, 0.25) is 0 Å². The lowest BCUT2D eigenvalue weighted by molar-refractivity contribution is 0.102. The van der Waals surface area contributed by atoms with Gasteiger partial charge < -0.3 is 9.62 Å². The second kappa shape index (κ2) is 8.29. The van der Waals surface area contributed by atoms with Crippen LogP contribution in [0.4, 0.5) is 11.5 Å². The fraction of sp³-hybridized carbons (Fsp3) is 0.211. The number of anilines is 2. The van der Waals surface area contributed by atoms with Crippen LogP contribution in [0.1, 0.15) is 21.7 Å². The standard InChI is InChI=1S/C19H16Cl2N4OS2/c1-11-9-23-19(28-11)12-5-13(20)7-14(6-12)24-18(26)15-8-17(22-10-16(15)21)25-3-2-4-27-25/h5-10H,2-4H2,1H3,(H,24,26). The van der Waals surface area contributed by atoms with Crippen LogP contribution in [-0.4, -0.2) is 28.2 Å². The first-order valence-electron chi connectivity index (χ1n) is 8.60. The lowest BCUT2D eigenvalue weighted by Gasteiger charge is -2.16. The number of amides is 1. The van der Waals surface area contributed by atoms with Crippen LogP contribution in [0, 0.1) is 6.92 Å². The van der Waals surface area contributed by atoms with Gasteiger partial charge in [0, 0.05) is 45.8 Å². The number of carbonyl (C=O) groups is 1. The number of hydrogen-bond donors (Lipinski definition) is 1. The smallest absolute Gasteiger partial charge is 0.257 e. The number of halogens is 2. The molecule has 9 heteroatoms. The van der Waals surface area contributed by atoms with E-state index in [1.54, 1.807) is 35.4 Å². The number of aromatic nitrogens is 2. The van der Waals surface area contributed by atoms with Crippen molar-refractivity contribution in [1.82, 2.24) is 9.97 Å². The molecule has 0 unspecified atom stereocenters. The van der Waals surface area contributed by atoms with Crippen LogP contribution in [0.15, 0.2) is 36.7 Å². The number of hydrogen-bond acceptors (Lipinski definition) is 6. The summed E-state index contributed by atoms with van der Waals surface area (Å²) in [6.45, 7) is 2.90. The maximum Gasteiger partial charge on any atom is 0.257 e. The van der Waals surface area contributed by atoms with Gasteiger partial charge in [0.05, 0.1) is 10.6 Å². The van der Waals surface area contributed by atoms with Crippen molar-refractivity contribution in [2.45, 2.75) is 13.3 Å². The number of nitrogens with zero attached hydrogens (tertiary/aromatic N) is 3. The maximum atomic E-state index is 12.9. The molecule has 0 radical (unpaired) electrons. The van der Waals surface area contributed by atoms with Crippen molar-refractivity contribution in [2.75, 3.05) is 21.9 Å². The highest BCUT2D eigenvalue weighted by Gasteiger charge is 2.19. The van der Waals surface area contributed by atoms with Gasteiger partial charge in [-0.15, -0.1) is 11.3 Å². The Bertz CT molecular complexity index is 1030. The average Bonchev–Trinajstić information content (AvgIpc) is 3.33. The molecular formula is C19H16Cl2N4OS2. The number of thiazole rings is 1. The molecule has 3 heterocycles. The SMILES string of the molecule is Cc1cnc(-c2cc(Cl)cc(NC(=O)c3cc(N4CCCS4)ncc3Cl)c2)s1. The molecule has 0 spiro atoms. The Morgan fingerprint density at radius 2 is 2.04 bits per heavy atom. The molecule has 1 aliphatic rings. The first kappa shape index (κ1) is 19.5. The number of carbonyl (C=O) groups excluding carboxylic acids is 1. The van der Waals surface area contributed by atoms with Crippen molar-refractivity contribution in [2.24, 2.45) is 0 Å². The average molecular weight is 451 g/mol. The summed E-state index contributed by atoms with van der Waals surface area (Å²) in [4.78, 5) is 22.7. The molecule has 1 aliphatic heterocycles. The fourth-order valence-corrected chi connectivity index (χ4v) is 4.98. The third-order valence-corrected chi connectivity index (χ3v) is 6.75. The molecule has 0 atom stereocenters. The van der Waals surface area contributed by atoms with Gasteiger partial charge >= 0.3 is 0 Å². The molecule has 2 aromatic heterocycles. The normalized spacial score (nSPS) is 13.8. The van der Waals surface area contributed by atoms with E-state index in [0.717, 1.165) is 40.0 Å². The Kier molecular flexibility index (Phi) is 5.78. The van der Waals surface area contributed by atoms with Crippen LogP contribution in [0.25, 0.3) is 10.6 Å². The summed E-state index contributed by atoms with van der Waals surface area (Å²) >= 11 is 15.8. The molecule has 1 aromatic carbocycles. The summed E-state index contributed by atoms with van der Waals surface area (Å²) < 4.78 is 2.08. The van der Waals surface area contributed by atoms with E-state index in [9.17, 15) is 4.79 Å². The van der Waals surface area contributed by atoms with Crippen molar-refractivity contribution >= 4 is 63.9 Å². The first-order valence-corrected chi connectivity index (χ1v) is 11.1. The molecule has 28 heavy (non-hydrogen) atoms. The lowest BCUT2D eigenvalue weighted by atomic mass is 10.2. The van der Waals surface area contributed by atoms with Gasteiger partial charge in [-0.05, 0) is 49.6 Å². The van der Waals surface area contributed by atoms with Crippen molar-refractivity contribution in [3.05, 3.63) is 57.1 Å². The van der Waals surface area contributed by atoms with Gasteiger partial charge in [-0.1, -0.05) is 23.2 Å². The second-order valence-electron chi connectivity index (χ2n) is 6.27. The Hall–Kier alpha value is -1.80. The van der Waals surface area contributed by atoms with Gasteiger partial charge in [-0.3, -0.25) is 4.79 Å². The molecule has 1 amide bonds. The Morgan fingerprint density at radius 1 is 1.18 bits per heavy atom. The predicted octanol–water partition coefficient (Wildman–Crippen LogP) is 5.93. The topological polar surface area (TPSA) is 58.1 Å². The van der Waals surface area contributed by atoms with E-state index in [1.807, 2.05) is 25.3 Å². The summed E-state index contributed by atoms with van der Waals surface area (Å²) in [5, 5.41) is 4.58. The minimum absolute atomic E-state index is 0.304. The lowest BCUT2D eigenvalue weighted by Crippen LogP contribution is -2.16. The van der Waals surface area contributed by atoms with Crippen LogP contribution < -0.4 is 9.62 Å². The summed E-state index contributed by atoms with van der Waals surface area (Å²) in [6.07, 6.45) is 4.43. The van der Waals surface area contributed by atoms with Gasteiger partial charge in [0.25, 0.3) is 5.91 Å². The predicted molar refractivity (Wildman–Crippen MR) is 119 cm³/mol. The highest BCUT2D eigenvalue weighted by atomic mass is 35.5. The second-order valence-corrected chi connectivity index (χ2v) is 9.46. The molecule has 5 nitrogen and oxygen atoms in total. The van der Waals surface area contributed by atoms with Crippen molar-refractivity contribution in [1.29, 1.82) is 0 Å². The van der Waals surface area contributed by atoms with Gasteiger partial charge in [0.15, 0.2) is 0 Å². The highest BCUT2D eigenvalue weighted by molar-refractivity contribution is 8.00. The summed E-state index contributed by atoms with van der Waals surface area (Å²) in [6, 6.07) is 7.12. The molecule has 4 rings (SSSR count). The molecule has 1 fully saturated rings. The van der Waals surface area contributed by atoms with E-state index in [1.165, 1.54) is 6.20 Å². The highest BCUT2D eigenvalue weighted by Crippen LogP contribution is 2.32. The molecule has 1 saturated heterocycles. The molecule has 0 aliphatic carbocycles. The number of aryl methyl sites for hydroxylation is 1. The summed E-state index contributed by atoms with van der Waals surface area (Å²) in [5.74, 6) is 1.48. The zero-order valence-corrected chi connectivity index (χ0v) is 18.1. The molecule has 0 saturated carbocycles. The minimum atomic E-state index is -0.304. The summed E-state index contributed by atoms with van der Waals surface area (Å²) in [7, 11) is 0. The van der Waals surface area contributed by atoms with Crippen LogP contribution in [0.3, 0.4) is 0 Å². The van der Waals surface area contributed by atoms with Gasteiger partial charge in [-0.2, -0.15) is 0 Å². The first-order chi connectivity index (χ1) is 13.5. The zero-order chi connectivity index (χ0) is 19.7. The maximum absolute atomic E-state index is 12.9. The van der Waals surface area contributed by atoms with Gasteiger partial charge in [-0.25, -0.2) is 9.97 Å². The Labute approximate surface area is 181 Å². The minimum Gasteiger partial charge on any atom is -0.322 e. The number of benzene rings is 1. The van der Waals surface area contributed by atoms with Crippen molar-refractivity contribution in [3.63, 3.8) is 0 Å². The van der Waals surface area contributed by atoms with E-state index in [-0.39, 0.29) is 5.91 Å². The third kappa shape index (κ3) is 4.27. The van der Waals surface area contributed by atoms with Crippen LogP contribution in [0.5, 0.6) is 0 Å². The van der Waals surface area contributed by atoms with E-state index in [0.29, 0.717) is 21.3 Å².